The van der Waals surface area contributed by atoms with Gasteiger partial charge in [-0.25, -0.2) is 4.98 Å². The zero-order chi connectivity index (χ0) is 12.3. The Bertz CT molecular complexity index is 476. The first-order valence-electron chi connectivity index (χ1n) is 5.80. The molecule has 2 heterocycles. The van der Waals surface area contributed by atoms with Crippen LogP contribution in [-0.4, -0.2) is 9.97 Å². The molecular formula is C13H17N3S. The lowest BCUT2D eigenvalue weighted by molar-refractivity contribution is 0.712. The van der Waals surface area contributed by atoms with Crippen LogP contribution in [0.1, 0.15) is 34.8 Å². The van der Waals surface area contributed by atoms with Crippen molar-refractivity contribution in [2.24, 2.45) is 5.73 Å². The molecule has 0 saturated carbocycles. The van der Waals surface area contributed by atoms with Crippen molar-refractivity contribution >= 4 is 11.3 Å². The molecule has 2 aromatic rings. The third kappa shape index (κ3) is 2.90. The maximum absolute atomic E-state index is 6.17. The monoisotopic (exact) mass is 247 g/mol. The van der Waals surface area contributed by atoms with Gasteiger partial charge in [0, 0.05) is 29.2 Å². The summed E-state index contributed by atoms with van der Waals surface area (Å²) in [5.74, 6) is 0. The van der Waals surface area contributed by atoms with E-state index < -0.39 is 0 Å². The van der Waals surface area contributed by atoms with Crippen LogP contribution < -0.4 is 5.73 Å². The highest BCUT2D eigenvalue weighted by Gasteiger charge is 2.12. The quantitative estimate of drug-likeness (QED) is 0.903. The van der Waals surface area contributed by atoms with Crippen LogP contribution >= 0.6 is 11.3 Å². The van der Waals surface area contributed by atoms with Crippen molar-refractivity contribution in [3.63, 3.8) is 0 Å². The van der Waals surface area contributed by atoms with Crippen molar-refractivity contribution in [2.45, 2.75) is 32.7 Å². The number of nitrogens with two attached hydrogens (primary N) is 1. The molecule has 90 valence electrons. The van der Waals surface area contributed by atoms with Crippen LogP contribution in [0.5, 0.6) is 0 Å². The molecule has 0 saturated heterocycles. The minimum absolute atomic E-state index is 0.00229. The number of aryl methyl sites for hydroxylation is 2. The average Bonchev–Trinajstić information content (AvgIpc) is 2.76. The summed E-state index contributed by atoms with van der Waals surface area (Å²) in [6, 6.07) is 4.19. The normalized spacial score (nSPS) is 12.6. The molecule has 0 radical (unpaired) electrons. The van der Waals surface area contributed by atoms with E-state index in [0.717, 1.165) is 29.1 Å². The molecule has 1 atom stereocenters. The molecule has 0 spiro atoms. The van der Waals surface area contributed by atoms with Gasteiger partial charge in [0.05, 0.1) is 11.2 Å². The van der Waals surface area contributed by atoms with Crippen LogP contribution in [-0.2, 0) is 12.8 Å². The minimum atomic E-state index is 0.00229. The Morgan fingerprint density at radius 2 is 2.18 bits per heavy atom. The lowest BCUT2D eigenvalue weighted by Gasteiger charge is -2.10. The largest absolute Gasteiger partial charge is 0.323 e. The fourth-order valence-corrected chi connectivity index (χ4v) is 2.58. The van der Waals surface area contributed by atoms with E-state index in [2.05, 4.69) is 29.0 Å². The number of rotatable bonds is 4. The van der Waals surface area contributed by atoms with Gasteiger partial charge in [-0.1, -0.05) is 13.0 Å². The second-order valence-electron chi connectivity index (χ2n) is 4.12. The topological polar surface area (TPSA) is 51.8 Å². The molecular weight excluding hydrogens is 230 g/mol. The number of thiazole rings is 1. The molecule has 2 rings (SSSR count). The van der Waals surface area contributed by atoms with Crippen LogP contribution in [0, 0.1) is 6.92 Å². The van der Waals surface area contributed by atoms with Gasteiger partial charge >= 0.3 is 0 Å². The van der Waals surface area contributed by atoms with Gasteiger partial charge in [0.15, 0.2) is 0 Å². The van der Waals surface area contributed by atoms with E-state index in [1.807, 2.05) is 18.6 Å². The highest BCUT2D eigenvalue weighted by molar-refractivity contribution is 7.09. The number of aromatic nitrogens is 2. The number of hydrogen-bond acceptors (Lipinski definition) is 4. The summed E-state index contributed by atoms with van der Waals surface area (Å²) < 4.78 is 0. The average molecular weight is 247 g/mol. The third-order valence-corrected chi connectivity index (χ3v) is 3.91. The van der Waals surface area contributed by atoms with Crippen LogP contribution in [0.15, 0.2) is 23.8 Å². The molecule has 0 amide bonds. The predicted octanol–water partition coefficient (Wildman–Crippen LogP) is 2.65. The van der Waals surface area contributed by atoms with Crippen molar-refractivity contribution in [2.75, 3.05) is 0 Å². The van der Waals surface area contributed by atoms with Crippen molar-refractivity contribution in [3.05, 3.63) is 45.7 Å². The minimum Gasteiger partial charge on any atom is -0.323 e. The molecule has 0 aliphatic rings. The molecule has 0 aliphatic heterocycles. The van der Waals surface area contributed by atoms with Crippen LogP contribution in [0.3, 0.4) is 0 Å². The van der Waals surface area contributed by atoms with E-state index in [-0.39, 0.29) is 6.04 Å². The van der Waals surface area contributed by atoms with E-state index in [1.54, 1.807) is 11.3 Å². The highest BCUT2D eigenvalue weighted by Crippen LogP contribution is 2.22. The SMILES string of the molecule is CCc1ccc(CC(N)c2scnc2C)nc1. The van der Waals surface area contributed by atoms with Gasteiger partial charge in [0.2, 0.25) is 0 Å². The number of nitrogens with zero attached hydrogens (tertiary/aromatic N) is 2. The summed E-state index contributed by atoms with van der Waals surface area (Å²) in [6.07, 6.45) is 3.72. The second-order valence-corrected chi connectivity index (χ2v) is 5.01. The summed E-state index contributed by atoms with van der Waals surface area (Å²) in [5.41, 5.74) is 11.4. The second kappa shape index (κ2) is 5.38. The molecule has 2 aromatic heterocycles. The van der Waals surface area contributed by atoms with Gasteiger partial charge in [-0.15, -0.1) is 11.3 Å². The van der Waals surface area contributed by atoms with Gasteiger partial charge in [-0.2, -0.15) is 0 Å². The zero-order valence-electron chi connectivity index (χ0n) is 10.2. The summed E-state index contributed by atoms with van der Waals surface area (Å²) >= 11 is 1.62. The van der Waals surface area contributed by atoms with Crippen LogP contribution in [0.2, 0.25) is 0 Å². The molecule has 0 bridgehead atoms. The molecule has 0 aromatic carbocycles. The van der Waals surface area contributed by atoms with Gasteiger partial charge in [0.1, 0.15) is 0 Å². The van der Waals surface area contributed by atoms with Gasteiger partial charge in [0.25, 0.3) is 0 Å². The number of hydrogen-bond donors (Lipinski definition) is 1. The lowest BCUT2D eigenvalue weighted by atomic mass is 10.1. The molecule has 3 nitrogen and oxygen atoms in total. The molecule has 0 aliphatic carbocycles. The Hall–Kier alpha value is -1.26. The molecule has 1 unspecified atom stereocenters. The smallest absolute Gasteiger partial charge is 0.0798 e. The Morgan fingerprint density at radius 3 is 2.71 bits per heavy atom. The third-order valence-electron chi connectivity index (χ3n) is 2.84. The van der Waals surface area contributed by atoms with E-state index >= 15 is 0 Å². The van der Waals surface area contributed by atoms with Crippen molar-refractivity contribution in [3.8, 4) is 0 Å². The molecule has 4 heteroatoms. The Labute approximate surface area is 106 Å². The maximum Gasteiger partial charge on any atom is 0.0798 e. The van der Waals surface area contributed by atoms with Crippen molar-refractivity contribution in [1.29, 1.82) is 0 Å². The Balaban J connectivity index is 2.07. The molecule has 17 heavy (non-hydrogen) atoms. The fraction of sp³-hybridized carbons (Fsp3) is 0.385. The van der Waals surface area contributed by atoms with Crippen LogP contribution in [0.25, 0.3) is 0 Å². The van der Waals surface area contributed by atoms with E-state index in [4.69, 9.17) is 5.73 Å². The van der Waals surface area contributed by atoms with Crippen molar-refractivity contribution in [1.82, 2.24) is 9.97 Å². The van der Waals surface area contributed by atoms with E-state index in [0.29, 0.717) is 0 Å². The standard InChI is InChI=1S/C13H17N3S/c1-3-10-4-5-11(15-7-10)6-12(14)13-9(2)16-8-17-13/h4-5,7-8,12H,3,6,14H2,1-2H3. The maximum atomic E-state index is 6.17. The van der Waals surface area contributed by atoms with E-state index in [1.165, 1.54) is 5.56 Å². The van der Waals surface area contributed by atoms with Gasteiger partial charge < -0.3 is 5.73 Å². The lowest BCUT2D eigenvalue weighted by Crippen LogP contribution is -2.13. The zero-order valence-corrected chi connectivity index (χ0v) is 11.0. The first kappa shape index (κ1) is 12.2. The molecule has 2 N–H and O–H groups in total. The summed E-state index contributed by atoms with van der Waals surface area (Å²) in [7, 11) is 0. The van der Waals surface area contributed by atoms with Crippen molar-refractivity contribution < 1.29 is 0 Å². The molecule has 0 fully saturated rings. The predicted molar refractivity (Wildman–Crippen MR) is 71.1 cm³/mol. The summed E-state index contributed by atoms with van der Waals surface area (Å²) in [4.78, 5) is 9.82. The summed E-state index contributed by atoms with van der Waals surface area (Å²) in [6.45, 7) is 4.13. The van der Waals surface area contributed by atoms with Gasteiger partial charge in [-0.05, 0) is 25.0 Å². The summed E-state index contributed by atoms with van der Waals surface area (Å²) in [5, 5.41) is 0. The highest BCUT2D eigenvalue weighted by atomic mass is 32.1. The van der Waals surface area contributed by atoms with E-state index in [9.17, 15) is 0 Å². The Kier molecular flexibility index (Phi) is 3.86. The number of pyridine rings is 1. The Morgan fingerprint density at radius 1 is 1.35 bits per heavy atom. The first-order chi connectivity index (χ1) is 8.20. The fourth-order valence-electron chi connectivity index (χ4n) is 1.77. The first-order valence-corrected chi connectivity index (χ1v) is 6.68. The van der Waals surface area contributed by atoms with Crippen LogP contribution in [0.4, 0.5) is 0 Å². The van der Waals surface area contributed by atoms with Gasteiger partial charge in [-0.3, -0.25) is 4.98 Å².